The third kappa shape index (κ3) is 3.11. The second kappa shape index (κ2) is 5.55. The highest BCUT2D eigenvalue weighted by Crippen LogP contribution is 2.24. The van der Waals surface area contributed by atoms with Gasteiger partial charge in [0.15, 0.2) is 0 Å². The number of hydrogen-bond donors (Lipinski definition) is 1. The zero-order chi connectivity index (χ0) is 13.0. The Labute approximate surface area is 100 Å². The Morgan fingerprint density at radius 3 is 2.71 bits per heavy atom. The molecular formula is C10H7ClF2N2O2. The lowest BCUT2D eigenvalue weighted by Gasteiger charge is -2.09. The first-order valence-corrected chi connectivity index (χ1v) is 5.01. The first-order valence-electron chi connectivity index (χ1n) is 4.48. The van der Waals surface area contributed by atoms with Crippen LogP contribution in [-0.2, 0) is 17.1 Å². The van der Waals surface area contributed by atoms with Crippen LogP contribution in [0.25, 0.3) is 0 Å². The number of alkyl halides is 3. The number of pyridine rings is 1. The molecule has 0 atom stereocenters. The summed E-state index contributed by atoms with van der Waals surface area (Å²) in [5, 5.41) is 17.3. The van der Waals surface area contributed by atoms with E-state index in [1.54, 1.807) is 6.07 Å². The van der Waals surface area contributed by atoms with Gasteiger partial charge in [0.05, 0.1) is 23.6 Å². The minimum Gasteiger partial charge on any atom is -0.481 e. The molecule has 0 aromatic carbocycles. The number of carboxylic acid groups (broad SMARTS) is 1. The molecule has 0 spiro atoms. The largest absolute Gasteiger partial charge is 0.481 e. The van der Waals surface area contributed by atoms with E-state index in [1.807, 2.05) is 0 Å². The number of aliphatic carboxylic acids is 1. The highest BCUT2D eigenvalue weighted by atomic mass is 35.5. The summed E-state index contributed by atoms with van der Waals surface area (Å²) in [7, 11) is 0. The summed E-state index contributed by atoms with van der Waals surface area (Å²) >= 11 is 5.47. The van der Waals surface area contributed by atoms with Gasteiger partial charge in [-0.05, 0) is 11.6 Å². The fourth-order valence-electron chi connectivity index (χ4n) is 1.30. The summed E-state index contributed by atoms with van der Waals surface area (Å²) in [4.78, 5) is 14.1. The Morgan fingerprint density at radius 2 is 2.29 bits per heavy atom. The van der Waals surface area contributed by atoms with E-state index in [9.17, 15) is 13.6 Å². The van der Waals surface area contributed by atoms with Gasteiger partial charge in [0.2, 0.25) is 0 Å². The van der Waals surface area contributed by atoms with Gasteiger partial charge in [-0.3, -0.25) is 4.79 Å². The summed E-state index contributed by atoms with van der Waals surface area (Å²) in [6.45, 7) is 0. The molecule has 1 rings (SSSR count). The van der Waals surface area contributed by atoms with Crippen molar-refractivity contribution in [3.05, 3.63) is 28.6 Å². The van der Waals surface area contributed by atoms with Gasteiger partial charge >= 0.3 is 5.97 Å². The predicted molar refractivity (Wildman–Crippen MR) is 54.8 cm³/mol. The van der Waals surface area contributed by atoms with E-state index in [-0.39, 0.29) is 22.7 Å². The maximum atomic E-state index is 12.6. The highest BCUT2D eigenvalue weighted by Gasteiger charge is 2.20. The number of carboxylic acids is 1. The van der Waals surface area contributed by atoms with Crippen LogP contribution in [0.2, 0.25) is 0 Å². The first kappa shape index (κ1) is 13.3. The Kier molecular flexibility index (Phi) is 4.35. The fourth-order valence-corrected chi connectivity index (χ4v) is 1.50. The first-order chi connectivity index (χ1) is 7.99. The van der Waals surface area contributed by atoms with E-state index in [0.717, 1.165) is 6.07 Å². The molecule has 0 aliphatic carbocycles. The lowest BCUT2D eigenvalue weighted by atomic mass is 10.1. The van der Waals surface area contributed by atoms with Crippen molar-refractivity contribution in [3.8, 4) is 6.07 Å². The molecular weight excluding hydrogens is 254 g/mol. The molecule has 0 fully saturated rings. The molecule has 90 valence electrons. The Hall–Kier alpha value is -1.74. The lowest BCUT2D eigenvalue weighted by Crippen LogP contribution is -2.09. The molecule has 0 radical (unpaired) electrons. The van der Waals surface area contributed by atoms with Crippen LogP contribution in [0, 0.1) is 11.3 Å². The maximum absolute atomic E-state index is 12.6. The van der Waals surface area contributed by atoms with E-state index < -0.39 is 24.5 Å². The van der Waals surface area contributed by atoms with Crippen molar-refractivity contribution < 1.29 is 18.7 Å². The summed E-state index contributed by atoms with van der Waals surface area (Å²) < 4.78 is 25.3. The molecule has 0 saturated carbocycles. The second-order valence-electron chi connectivity index (χ2n) is 3.14. The third-order valence-electron chi connectivity index (χ3n) is 2.01. The molecule has 4 nitrogen and oxygen atoms in total. The van der Waals surface area contributed by atoms with E-state index in [1.165, 1.54) is 0 Å². The van der Waals surface area contributed by atoms with Gasteiger partial charge in [-0.1, -0.05) is 0 Å². The summed E-state index contributed by atoms with van der Waals surface area (Å²) in [5.41, 5.74) is -0.765. The monoisotopic (exact) mass is 260 g/mol. The minimum absolute atomic E-state index is 0.0145. The maximum Gasteiger partial charge on any atom is 0.307 e. The van der Waals surface area contributed by atoms with Crippen molar-refractivity contribution in [1.29, 1.82) is 5.26 Å². The molecule has 1 N–H and O–H groups in total. The molecule has 17 heavy (non-hydrogen) atoms. The molecule has 0 unspecified atom stereocenters. The molecule has 0 saturated heterocycles. The number of aromatic nitrogens is 1. The average molecular weight is 261 g/mol. The third-order valence-corrected chi connectivity index (χ3v) is 2.26. The van der Waals surface area contributed by atoms with Crippen LogP contribution in [-0.4, -0.2) is 16.1 Å². The highest BCUT2D eigenvalue weighted by molar-refractivity contribution is 6.17. The average Bonchev–Trinajstić information content (AvgIpc) is 2.27. The van der Waals surface area contributed by atoms with Crippen molar-refractivity contribution in [2.24, 2.45) is 0 Å². The topological polar surface area (TPSA) is 74.0 Å². The number of carbonyl (C=O) groups is 1. The van der Waals surface area contributed by atoms with Gasteiger partial charge in [0.25, 0.3) is 6.43 Å². The SMILES string of the molecule is N#Cc1cc(CC(=O)O)c(C(F)F)nc1CCl. The van der Waals surface area contributed by atoms with Crippen LogP contribution in [0.15, 0.2) is 6.07 Å². The summed E-state index contributed by atoms with van der Waals surface area (Å²) in [5.74, 6) is -1.45. The zero-order valence-electron chi connectivity index (χ0n) is 8.45. The van der Waals surface area contributed by atoms with Crippen molar-refractivity contribution in [3.63, 3.8) is 0 Å². The predicted octanol–water partition coefficient (Wildman–Crippen LogP) is 2.26. The van der Waals surface area contributed by atoms with Crippen molar-refractivity contribution in [1.82, 2.24) is 4.98 Å². The standard InChI is InChI=1S/C10H7ClF2N2O2/c11-3-7-6(4-14)1-5(2-8(16)17)9(15-7)10(12)13/h1,10H,2-3H2,(H,16,17). The van der Waals surface area contributed by atoms with Gasteiger partial charge in [-0.25, -0.2) is 13.8 Å². The van der Waals surface area contributed by atoms with Crippen LogP contribution in [0.4, 0.5) is 8.78 Å². The van der Waals surface area contributed by atoms with Gasteiger partial charge in [-0.15, -0.1) is 11.6 Å². The van der Waals surface area contributed by atoms with Crippen molar-refractivity contribution >= 4 is 17.6 Å². The normalized spacial score (nSPS) is 10.3. The van der Waals surface area contributed by atoms with Crippen molar-refractivity contribution in [2.45, 2.75) is 18.7 Å². The number of hydrogen-bond acceptors (Lipinski definition) is 3. The van der Waals surface area contributed by atoms with Gasteiger partial charge in [0, 0.05) is 0 Å². The Bertz CT molecular complexity index is 486. The molecule has 1 aromatic rings. The van der Waals surface area contributed by atoms with Crippen LogP contribution >= 0.6 is 11.6 Å². The molecule has 0 aliphatic rings. The van der Waals surface area contributed by atoms with E-state index in [2.05, 4.69) is 4.98 Å². The van der Waals surface area contributed by atoms with Crippen LogP contribution in [0.1, 0.15) is 28.9 Å². The Morgan fingerprint density at radius 1 is 1.65 bits per heavy atom. The van der Waals surface area contributed by atoms with Crippen LogP contribution in [0.5, 0.6) is 0 Å². The van der Waals surface area contributed by atoms with E-state index >= 15 is 0 Å². The van der Waals surface area contributed by atoms with Crippen LogP contribution in [0.3, 0.4) is 0 Å². The molecule has 1 aromatic heterocycles. The molecule has 0 bridgehead atoms. The quantitative estimate of drug-likeness (QED) is 0.843. The van der Waals surface area contributed by atoms with Gasteiger partial charge in [0.1, 0.15) is 11.8 Å². The van der Waals surface area contributed by atoms with Crippen LogP contribution < -0.4 is 0 Å². The zero-order valence-corrected chi connectivity index (χ0v) is 9.21. The van der Waals surface area contributed by atoms with Gasteiger partial charge in [-0.2, -0.15) is 5.26 Å². The molecule has 7 heteroatoms. The minimum atomic E-state index is -2.90. The Balaban J connectivity index is 3.36. The smallest absolute Gasteiger partial charge is 0.307 e. The van der Waals surface area contributed by atoms with Gasteiger partial charge < -0.3 is 5.11 Å². The van der Waals surface area contributed by atoms with E-state index in [4.69, 9.17) is 22.0 Å². The van der Waals surface area contributed by atoms with E-state index in [0.29, 0.717) is 0 Å². The number of rotatable bonds is 4. The summed E-state index contributed by atoms with van der Waals surface area (Å²) in [6, 6.07) is 2.84. The number of halogens is 3. The second-order valence-corrected chi connectivity index (χ2v) is 3.41. The fraction of sp³-hybridized carbons (Fsp3) is 0.300. The number of nitrogens with zero attached hydrogens (tertiary/aromatic N) is 2. The summed E-state index contributed by atoms with van der Waals surface area (Å²) in [6.07, 6.45) is -3.51. The molecule has 1 heterocycles. The molecule has 0 amide bonds. The van der Waals surface area contributed by atoms with Crippen molar-refractivity contribution in [2.75, 3.05) is 0 Å². The molecule has 0 aliphatic heterocycles. The number of nitriles is 1. The lowest BCUT2D eigenvalue weighted by molar-refractivity contribution is -0.136.